The smallest absolute Gasteiger partial charge is 0.407 e. The minimum absolute atomic E-state index is 0.0573. The highest BCUT2D eigenvalue weighted by molar-refractivity contribution is 5.73. The lowest BCUT2D eigenvalue weighted by atomic mass is 10.2. The Morgan fingerprint density at radius 2 is 1.94 bits per heavy atom. The summed E-state index contributed by atoms with van der Waals surface area (Å²) in [5.41, 5.74) is 4.51. The molecule has 1 atom stereocenters. The normalized spacial score (nSPS) is 12.9. The van der Waals surface area contributed by atoms with Crippen LogP contribution in [0.4, 0.5) is 4.79 Å². The first-order chi connectivity index (χ1) is 7.70. The minimum atomic E-state index is -0.493. The molecule has 2 amide bonds. The van der Waals surface area contributed by atoms with Gasteiger partial charge in [-0.1, -0.05) is 0 Å². The molecule has 0 heterocycles. The number of alkyl carbamates (subject to hydrolysis) is 1. The van der Waals surface area contributed by atoms with Gasteiger partial charge in [0.2, 0.25) is 5.91 Å². The van der Waals surface area contributed by atoms with Gasteiger partial charge in [-0.2, -0.15) is 0 Å². The molecule has 6 heteroatoms. The predicted octanol–water partition coefficient (Wildman–Crippen LogP) is 0.365. The third-order valence-electron chi connectivity index (χ3n) is 1.82. The topological polar surface area (TPSA) is 93.4 Å². The van der Waals surface area contributed by atoms with Crippen molar-refractivity contribution in [3.8, 4) is 0 Å². The summed E-state index contributed by atoms with van der Waals surface area (Å²) in [4.78, 5) is 21.8. The molecule has 0 aromatic rings. The third kappa shape index (κ3) is 11.0. The Balaban J connectivity index is 3.66. The molecule has 0 radical (unpaired) electrons. The number of primary amides is 1. The molecule has 100 valence electrons. The number of ether oxygens (including phenoxy) is 1. The molecule has 0 aromatic carbocycles. The predicted molar refractivity (Wildman–Crippen MR) is 65.5 cm³/mol. The molecule has 6 nitrogen and oxygen atoms in total. The number of amides is 2. The zero-order valence-corrected chi connectivity index (χ0v) is 11.0. The summed E-state index contributed by atoms with van der Waals surface area (Å²) in [7, 11) is 0. The second kappa shape index (κ2) is 7.11. The van der Waals surface area contributed by atoms with Gasteiger partial charge in [0.1, 0.15) is 5.60 Å². The minimum Gasteiger partial charge on any atom is -0.444 e. The van der Waals surface area contributed by atoms with Crippen molar-refractivity contribution in [2.75, 3.05) is 13.1 Å². The van der Waals surface area contributed by atoms with Crippen LogP contribution in [0.3, 0.4) is 0 Å². The average molecular weight is 245 g/mol. The lowest BCUT2D eigenvalue weighted by molar-refractivity contribution is -0.117. The molecule has 0 saturated carbocycles. The van der Waals surface area contributed by atoms with Crippen LogP contribution in [-0.2, 0) is 9.53 Å². The fourth-order valence-corrected chi connectivity index (χ4v) is 1.06. The van der Waals surface area contributed by atoms with Crippen LogP contribution in [0.2, 0.25) is 0 Å². The molecular formula is C11H23N3O3. The molecular weight excluding hydrogens is 222 g/mol. The van der Waals surface area contributed by atoms with Crippen LogP contribution in [0.25, 0.3) is 0 Å². The number of nitrogens with two attached hydrogens (primary N) is 1. The molecule has 0 aromatic heterocycles. The van der Waals surface area contributed by atoms with Crippen molar-refractivity contribution in [1.82, 2.24) is 10.6 Å². The average Bonchev–Trinajstić information content (AvgIpc) is 2.11. The molecule has 0 saturated heterocycles. The largest absolute Gasteiger partial charge is 0.444 e. The van der Waals surface area contributed by atoms with Crippen molar-refractivity contribution < 1.29 is 14.3 Å². The van der Waals surface area contributed by atoms with Gasteiger partial charge in [0.15, 0.2) is 0 Å². The molecule has 0 bridgehead atoms. The van der Waals surface area contributed by atoms with Crippen molar-refractivity contribution in [2.45, 2.75) is 45.8 Å². The number of nitrogens with one attached hydrogen (secondary N) is 2. The Labute approximate surface area is 102 Å². The maximum atomic E-state index is 11.3. The molecule has 0 rings (SSSR count). The number of hydrogen-bond acceptors (Lipinski definition) is 4. The van der Waals surface area contributed by atoms with E-state index in [1.54, 1.807) is 20.8 Å². The van der Waals surface area contributed by atoms with E-state index in [4.69, 9.17) is 10.5 Å². The summed E-state index contributed by atoms with van der Waals surface area (Å²) in [6.07, 6.45) is -0.155. The van der Waals surface area contributed by atoms with Gasteiger partial charge in [-0.15, -0.1) is 0 Å². The fraction of sp³-hybridized carbons (Fsp3) is 0.818. The summed E-state index contributed by atoms with van der Waals surface area (Å²) in [6, 6.07) is 0.0573. The van der Waals surface area contributed by atoms with Gasteiger partial charge in [0, 0.05) is 25.6 Å². The molecule has 0 aliphatic heterocycles. The van der Waals surface area contributed by atoms with Crippen LogP contribution in [0, 0.1) is 0 Å². The lowest BCUT2D eigenvalue weighted by Crippen LogP contribution is -2.41. The van der Waals surface area contributed by atoms with E-state index in [9.17, 15) is 9.59 Å². The Bertz CT molecular complexity index is 261. The fourth-order valence-electron chi connectivity index (χ4n) is 1.06. The number of carbonyl (C=O) groups excluding carboxylic acids is 2. The van der Waals surface area contributed by atoms with E-state index in [0.29, 0.717) is 13.1 Å². The van der Waals surface area contributed by atoms with Gasteiger partial charge in [-0.3, -0.25) is 4.79 Å². The van der Waals surface area contributed by atoms with Crippen LogP contribution in [-0.4, -0.2) is 36.7 Å². The van der Waals surface area contributed by atoms with Gasteiger partial charge in [0.25, 0.3) is 0 Å². The van der Waals surface area contributed by atoms with E-state index in [2.05, 4.69) is 10.6 Å². The second-order valence-corrected chi connectivity index (χ2v) is 4.95. The highest BCUT2D eigenvalue weighted by atomic mass is 16.6. The van der Waals surface area contributed by atoms with E-state index >= 15 is 0 Å². The Morgan fingerprint density at radius 3 is 2.41 bits per heavy atom. The van der Waals surface area contributed by atoms with Crippen LogP contribution in [0.1, 0.15) is 34.1 Å². The third-order valence-corrected chi connectivity index (χ3v) is 1.82. The standard InChI is InChI=1S/C11H23N3O3/c1-8(13-6-5-9(12)15)7-14-10(16)17-11(2,3)4/h8,13H,5-7H2,1-4H3,(H2,12,15)(H,14,16). The second-order valence-electron chi connectivity index (χ2n) is 4.95. The van der Waals surface area contributed by atoms with Gasteiger partial charge in [-0.25, -0.2) is 4.79 Å². The molecule has 0 fully saturated rings. The van der Waals surface area contributed by atoms with Crippen LogP contribution >= 0.6 is 0 Å². The summed E-state index contributed by atoms with van der Waals surface area (Å²) in [6.45, 7) is 8.27. The van der Waals surface area contributed by atoms with E-state index in [0.717, 1.165) is 0 Å². The summed E-state index contributed by atoms with van der Waals surface area (Å²) in [5.74, 6) is -0.343. The molecule has 4 N–H and O–H groups in total. The summed E-state index contributed by atoms with van der Waals surface area (Å²) < 4.78 is 5.08. The highest BCUT2D eigenvalue weighted by Gasteiger charge is 2.16. The Hall–Kier alpha value is -1.30. The molecule has 1 unspecified atom stereocenters. The maximum absolute atomic E-state index is 11.3. The van der Waals surface area contributed by atoms with Crippen LogP contribution in [0.15, 0.2) is 0 Å². The van der Waals surface area contributed by atoms with Crippen molar-refractivity contribution in [1.29, 1.82) is 0 Å². The Kier molecular flexibility index (Phi) is 6.57. The summed E-state index contributed by atoms with van der Waals surface area (Å²) >= 11 is 0. The number of carbonyl (C=O) groups is 2. The van der Waals surface area contributed by atoms with E-state index in [-0.39, 0.29) is 18.4 Å². The van der Waals surface area contributed by atoms with Gasteiger partial charge in [0.05, 0.1) is 0 Å². The lowest BCUT2D eigenvalue weighted by Gasteiger charge is -2.21. The van der Waals surface area contributed by atoms with Crippen molar-refractivity contribution in [3.63, 3.8) is 0 Å². The van der Waals surface area contributed by atoms with Crippen molar-refractivity contribution in [2.24, 2.45) is 5.73 Å². The monoisotopic (exact) mass is 245 g/mol. The molecule has 0 spiro atoms. The van der Waals surface area contributed by atoms with Crippen molar-refractivity contribution in [3.05, 3.63) is 0 Å². The number of rotatable bonds is 6. The zero-order valence-electron chi connectivity index (χ0n) is 11.0. The highest BCUT2D eigenvalue weighted by Crippen LogP contribution is 2.06. The van der Waals surface area contributed by atoms with Gasteiger partial charge in [-0.05, 0) is 27.7 Å². The molecule has 17 heavy (non-hydrogen) atoms. The first kappa shape index (κ1) is 15.7. The van der Waals surface area contributed by atoms with Crippen LogP contribution < -0.4 is 16.4 Å². The van der Waals surface area contributed by atoms with Crippen LogP contribution in [0.5, 0.6) is 0 Å². The van der Waals surface area contributed by atoms with Gasteiger partial charge < -0.3 is 21.1 Å². The van der Waals surface area contributed by atoms with E-state index in [1.165, 1.54) is 0 Å². The first-order valence-electron chi connectivity index (χ1n) is 5.69. The first-order valence-corrected chi connectivity index (χ1v) is 5.69. The van der Waals surface area contributed by atoms with Crippen molar-refractivity contribution >= 4 is 12.0 Å². The summed E-state index contributed by atoms with van der Waals surface area (Å²) in [5, 5.41) is 5.70. The molecule has 0 aliphatic carbocycles. The Morgan fingerprint density at radius 1 is 1.35 bits per heavy atom. The number of hydrogen-bond donors (Lipinski definition) is 3. The molecule has 0 aliphatic rings. The van der Waals surface area contributed by atoms with Gasteiger partial charge >= 0.3 is 6.09 Å². The maximum Gasteiger partial charge on any atom is 0.407 e. The van der Waals surface area contributed by atoms with E-state index < -0.39 is 11.7 Å². The SMILES string of the molecule is CC(CNC(=O)OC(C)(C)C)NCCC(N)=O. The zero-order chi connectivity index (χ0) is 13.5. The van der Waals surface area contributed by atoms with E-state index in [1.807, 2.05) is 6.92 Å². The quantitative estimate of drug-likeness (QED) is 0.630.